The minimum absolute atomic E-state index is 0.0162. The Morgan fingerprint density at radius 2 is 1.56 bits per heavy atom. The average molecular weight is 248 g/mol. The van der Waals surface area contributed by atoms with Gasteiger partial charge in [0.1, 0.15) is 0 Å². The molecule has 3 aliphatic heterocycles. The Morgan fingerprint density at radius 3 is 2.06 bits per heavy atom. The monoisotopic (exact) mass is 248 g/mol. The second-order valence-corrected chi connectivity index (χ2v) is 7.09. The quantitative estimate of drug-likeness (QED) is 0.702. The molecule has 0 aromatic carbocycles. The predicted molar refractivity (Wildman–Crippen MR) is 65.6 cm³/mol. The van der Waals surface area contributed by atoms with Gasteiger partial charge < -0.3 is 5.32 Å². The first-order chi connectivity index (χ1) is 8.50. The summed E-state index contributed by atoms with van der Waals surface area (Å²) in [6.45, 7) is 4.09. The lowest BCUT2D eigenvalue weighted by atomic mass is 9.96. The molecule has 4 rings (SSSR count). The normalized spacial score (nSPS) is 48.6. The van der Waals surface area contributed by atoms with Crippen LogP contribution in [0.5, 0.6) is 0 Å². The van der Waals surface area contributed by atoms with Gasteiger partial charge in [0.25, 0.3) is 0 Å². The van der Waals surface area contributed by atoms with Crippen molar-refractivity contribution in [3.63, 3.8) is 0 Å². The molecule has 4 nitrogen and oxygen atoms in total. The molecule has 1 saturated carbocycles. The molecule has 0 radical (unpaired) electrons. The highest BCUT2D eigenvalue weighted by molar-refractivity contribution is 6.10. The number of piperidine rings is 2. The van der Waals surface area contributed by atoms with Gasteiger partial charge in [-0.3, -0.25) is 14.5 Å². The molecule has 4 fully saturated rings. The summed E-state index contributed by atoms with van der Waals surface area (Å²) in [4.78, 5) is 26.4. The van der Waals surface area contributed by atoms with Gasteiger partial charge in [-0.2, -0.15) is 0 Å². The predicted octanol–water partition coefficient (Wildman–Crippen LogP) is 0.910. The van der Waals surface area contributed by atoms with E-state index in [0.29, 0.717) is 12.1 Å². The van der Waals surface area contributed by atoms with Crippen molar-refractivity contribution >= 4 is 11.8 Å². The summed E-state index contributed by atoms with van der Waals surface area (Å²) >= 11 is 0. The third kappa shape index (κ3) is 1.20. The van der Waals surface area contributed by atoms with E-state index in [0.717, 1.165) is 12.8 Å². The molecule has 0 aromatic heterocycles. The van der Waals surface area contributed by atoms with Gasteiger partial charge in [-0.05, 0) is 31.1 Å². The van der Waals surface area contributed by atoms with E-state index in [4.69, 9.17) is 0 Å². The fraction of sp³-hybridized carbons (Fsp3) is 0.857. The number of rotatable bonds is 1. The number of imide groups is 1. The van der Waals surface area contributed by atoms with Crippen molar-refractivity contribution in [3.05, 3.63) is 0 Å². The SMILES string of the molecule is CC1(C)C2C(=O)N(C3CC4CCC(C3)N4)C(=O)C21. The highest BCUT2D eigenvalue weighted by Gasteiger charge is 2.73. The fourth-order valence-corrected chi connectivity index (χ4v) is 4.57. The highest BCUT2D eigenvalue weighted by Crippen LogP contribution is 2.63. The lowest BCUT2D eigenvalue weighted by molar-refractivity contribution is -0.146. The molecule has 2 bridgehead atoms. The van der Waals surface area contributed by atoms with Gasteiger partial charge in [0, 0.05) is 18.1 Å². The number of likely N-dealkylation sites (tertiary alicyclic amines) is 1. The van der Waals surface area contributed by atoms with Crippen LogP contribution < -0.4 is 5.32 Å². The lowest BCUT2D eigenvalue weighted by Gasteiger charge is -2.36. The molecule has 4 aliphatic rings. The molecular weight excluding hydrogens is 228 g/mol. The van der Waals surface area contributed by atoms with Crippen LogP contribution in [0.2, 0.25) is 0 Å². The van der Waals surface area contributed by atoms with Crippen molar-refractivity contribution in [3.8, 4) is 0 Å². The van der Waals surface area contributed by atoms with E-state index < -0.39 is 0 Å². The molecule has 4 atom stereocenters. The minimum atomic E-state index is -0.0729. The molecule has 18 heavy (non-hydrogen) atoms. The maximum absolute atomic E-state index is 12.4. The number of nitrogens with one attached hydrogen (secondary N) is 1. The summed E-state index contributed by atoms with van der Waals surface area (Å²) in [7, 11) is 0. The molecule has 3 saturated heterocycles. The summed E-state index contributed by atoms with van der Waals surface area (Å²) in [6.07, 6.45) is 4.34. The molecule has 98 valence electrons. The minimum Gasteiger partial charge on any atom is -0.311 e. The third-order valence-corrected chi connectivity index (χ3v) is 5.65. The average Bonchev–Trinajstić information content (AvgIpc) is 2.56. The van der Waals surface area contributed by atoms with Gasteiger partial charge in [0.05, 0.1) is 11.8 Å². The summed E-state index contributed by atoms with van der Waals surface area (Å²) in [6, 6.07) is 1.23. The summed E-state index contributed by atoms with van der Waals surface area (Å²) < 4.78 is 0. The largest absolute Gasteiger partial charge is 0.311 e. The lowest BCUT2D eigenvalue weighted by Crippen LogP contribution is -2.51. The molecule has 2 amide bonds. The standard InChI is InChI=1S/C14H20N2O2/c1-14(2)10-11(14)13(18)16(12(10)17)9-5-7-3-4-8(6-9)15-7/h7-11,15H,3-6H2,1-2H3. The Labute approximate surface area is 107 Å². The Balaban J connectivity index is 1.57. The van der Waals surface area contributed by atoms with Gasteiger partial charge >= 0.3 is 0 Å². The maximum atomic E-state index is 12.4. The molecule has 0 spiro atoms. The van der Waals surface area contributed by atoms with Crippen LogP contribution in [0, 0.1) is 17.3 Å². The van der Waals surface area contributed by atoms with E-state index in [-0.39, 0.29) is 35.1 Å². The zero-order valence-electron chi connectivity index (χ0n) is 11.0. The van der Waals surface area contributed by atoms with Crippen molar-refractivity contribution in [1.82, 2.24) is 10.2 Å². The van der Waals surface area contributed by atoms with Crippen molar-refractivity contribution in [2.24, 2.45) is 17.3 Å². The Morgan fingerprint density at radius 1 is 1.06 bits per heavy atom. The fourth-order valence-electron chi connectivity index (χ4n) is 4.57. The number of amides is 2. The first-order valence-electron chi connectivity index (χ1n) is 7.13. The summed E-state index contributed by atoms with van der Waals surface area (Å²) in [5.74, 6) is 0.192. The van der Waals surface area contributed by atoms with E-state index in [9.17, 15) is 9.59 Å². The first-order valence-corrected chi connectivity index (χ1v) is 7.13. The smallest absolute Gasteiger partial charge is 0.233 e. The molecule has 4 heteroatoms. The van der Waals surface area contributed by atoms with Gasteiger partial charge in [-0.15, -0.1) is 0 Å². The van der Waals surface area contributed by atoms with Crippen LogP contribution in [0.25, 0.3) is 0 Å². The van der Waals surface area contributed by atoms with Crippen molar-refractivity contribution in [1.29, 1.82) is 0 Å². The Hall–Kier alpha value is -0.900. The van der Waals surface area contributed by atoms with E-state index >= 15 is 0 Å². The third-order valence-electron chi connectivity index (χ3n) is 5.65. The van der Waals surface area contributed by atoms with Gasteiger partial charge in [-0.25, -0.2) is 0 Å². The van der Waals surface area contributed by atoms with Crippen LogP contribution in [0.15, 0.2) is 0 Å². The zero-order chi connectivity index (χ0) is 12.7. The second-order valence-electron chi connectivity index (χ2n) is 7.09. The van der Waals surface area contributed by atoms with Gasteiger partial charge in [-0.1, -0.05) is 13.8 Å². The van der Waals surface area contributed by atoms with Crippen LogP contribution in [0.3, 0.4) is 0 Å². The molecular formula is C14H20N2O2. The molecule has 1 N–H and O–H groups in total. The van der Waals surface area contributed by atoms with E-state index in [1.54, 1.807) is 4.90 Å². The maximum Gasteiger partial charge on any atom is 0.233 e. The van der Waals surface area contributed by atoms with Gasteiger partial charge in [0.2, 0.25) is 11.8 Å². The van der Waals surface area contributed by atoms with E-state index in [1.165, 1.54) is 12.8 Å². The molecule has 4 unspecified atom stereocenters. The van der Waals surface area contributed by atoms with Crippen LogP contribution in [-0.4, -0.2) is 34.8 Å². The van der Waals surface area contributed by atoms with Crippen LogP contribution in [0.1, 0.15) is 39.5 Å². The number of carbonyl (C=O) groups excluding carboxylic acids is 2. The number of hydrogen-bond acceptors (Lipinski definition) is 3. The Kier molecular flexibility index (Phi) is 1.92. The Bertz CT molecular complexity index is 409. The van der Waals surface area contributed by atoms with Crippen LogP contribution in [0.4, 0.5) is 0 Å². The van der Waals surface area contributed by atoms with Crippen molar-refractivity contribution in [2.45, 2.75) is 57.7 Å². The number of carbonyl (C=O) groups is 2. The summed E-state index contributed by atoms with van der Waals surface area (Å²) in [5, 5.41) is 3.56. The molecule has 0 aromatic rings. The first kappa shape index (κ1) is 11.0. The number of fused-ring (bicyclic) bond motifs is 3. The molecule has 1 aliphatic carbocycles. The number of nitrogens with zero attached hydrogens (tertiary/aromatic N) is 1. The van der Waals surface area contributed by atoms with Crippen LogP contribution in [-0.2, 0) is 9.59 Å². The molecule has 3 heterocycles. The van der Waals surface area contributed by atoms with Crippen molar-refractivity contribution in [2.75, 3.05) is 0 Å². The van der Waals surface area contributed by atoms with Crippen LogP contribution >= 0.6 is 0 Å². The van der Waals surface area contributed by atoms with E-state index in [1.807, 2.05) is 13.8 Å². The second kappa shape index (κ2) is 3.16. The van der Waals surface area contributed by atoms with Gasteiger partial charge in [0.15, 0.2) is 0 Å². The zero-order valence-corrected chi connectivity index (χ0v) is 11.0. The van der Waals surface area contributed by atoms with Crippen molar-refractivity contribution < 1.29 is 9.59 Å². The topological polar surface area (TPSA) is 49.4 Å². The highest BCUT2D eigenvalue weighted by atomic mass is 16.2. The summed E-state index contributed by atoms with van der Waals surface area (Å²) in [5.41, 5.74) is -0.0729. The number of hydrogen-bond donors (Lipinski definition) is 1. The van der Waals surface area contributed by atoms with E-state index in [2.05, 4.69) is 5.32 Å².